The fourth-order valence-electron chi connectivity index (χ4n) is 2.54. The zero-order valence-electron chi connectivity index (χ0n) is 14.4. The summed E-state index contributed by atoms with van der Waals surface area (Å²) in [6.45, 7) is 0. The molecule has 3 rings (SSSR count). The highest BCUT2D eigenvalue weighted by Crippen LogP contribution is 2.50. The summed E-state index contributed by atoms with van der Waals surface area (Å²) in [6, 6.07) is 20.7. The minimum Gasteiger partial charge on any atom is -0.478 e. The summed E-state index contributed by atoms with van der Waals surface area (Å²) in [7, 11) is 0. The standard InChI is InChI=1S/C21H15ClO4S2/c22-16-10-4-1-7-13(16)21(27-17-11-5-2-8-14(17)19(23)24)28-18-12-6-3-9-15(18)20(25)26/h1-12,21H,(H,23,24)(H,25,26). The number of hydrogen-bond donors (Lipinski definition) is 2. The maximum absolute atomic E-state index is 11.6. The van der Waals surface area contributed by atoms with Crippen LogP contribution in [-0.2, 0) is 0 Å². The van der Waals surface area contributed by atoms with Crippen LogP contribution in [0.4, 0.5) is 0 Å². The number of halogens is 1. The third-order valence-electron chi connectivity index (χ3n) is 3.86. The first-order valence-electron chi connectivity index (χ1n) is 8.19. The molecular weight excluding hydrogens is 416 g/mol. The molecule has 0 fully saturated rings. The molecule has 7 heteroatoms. The number of aromatic carboxylic acids is 2. The minimum absolute atomic E-state index is 0.191. The van der Waals surface area contributed by atoms with E-state index in [0.29, 0.717) is 14.8 Å². The number of carboxylic acid groups (broad SMARTS) is 2. The van der Waals surface area contributed by atoms with Crippen LogP contribution in [0.25, 0.3) is 0 Å². The van der Waals surface area contributed by atoms with E-state index in [0.717, 1.165) is 5.56 Å². The molecule has 142 valence electrons. The molecule has 0 amide bonds. The van der Waals surface area contributed by atoms with Crippen LogP contribution in [0.2, 0.25) is 5.02 Å². The van der Waals surface area contributed by atoms with Crippen LogP contribution in [0, 0.1) is 0 Å². The van der Waals surface area contributed by atoms with Crippen LogP contribution >= 0.6 is 35.1 Å². The molecule has 0 saturated carbocycles. The molecule has 3 aromatic rings. The third-order valence-corrected chi connectivity index (χ3v) is 6.94. The molecule has 0 aliphatic rings. The molecule has 0 heterocycles. The van der Waals surface area contributed by atoms with Crippen molar-refractivity contribution in [3.63, 3.8) is 0 Å². The van der Waals surface area contributed by atoms with Gasteiger partial charge in [0.15, 0.2) is 0 Å². The van der Waals surface area contributed by atoms with Crippen LogP contribution in [0.3, 0.4) is 0 Å². The van der Waals surface area contributed by atoms with Crippen LogP contribution in [0.15, 0.2) is 82.6 Å². The van der Waals surface area contributed by atoms with Gasteiger partial charge < -0.3 is 10.2 Å². The Labute approximate surface area is 175 Å². The summed E-state index contributed by atoms with van der Waals surface area (Å²) in [5.41, 5.74) is 1.17. The van der Waals surface area contributed by atoms with Gasteiger partial charge in [-0.3, -0.25) is 0 Å². The Balaban J connectivity index is 2.04. The van der Waals surface area contributed by atoms with E-state index in [9.17, 15) is 19.8 Å². The normalized spacial score (nSPS) is 10.8. The van der Waals surface area contributed by atoms with Gasteiger partial charge in [-0.15, -0.1) is 23.5 Å². The first-order valence-corrected chi connectivity index (χ1v) is 10.3. The molecule has 0 aliphatic carbocycles. The summed E-state index contributed by atoms with van der Waals surface area (Å²) >= 11 is 9.06. The number of carboxylic acids is 2. The smallest absolute Gasteiger partial charge is 0.336 e. The van der Waals surface area contributed by atoms with Gasteiger partial charge in [0.2, 0.25) is 0 Å². The fraction of sp³-hybridized carbons (Fsp3) is 0.0476. The molecule has 0 spiro atoms. The second kappa shape index (κ2) is 9.19. The average molecular weight is 431 g/mol. The minimum atomic E-state index is -1.02. The zero-order chi connectivity index (χ0) is 20.1. The van der Waals surface area contributed by atoms with Crippen molar-refractivity contribution in [2.24, 2.45) is 0 Å². The maximum Gasteiger partial charge on any atom is 0.336 e. The Hall–Kier alpha value is -2.41. The van der Waals surface area contributed by atoms with Crippen molar-refractivity contribution in [2.75, 3.05) is 0 Å². The van der Waals surface area contributed by atoms with Crippen molar-refractivity contribution in [1.82, 2.24) is 0 Å². The van der Waals surface area contributed by atoms with Gasteiger partial charge in [0.25, 0.3) is 0 Å². The molecule has 3 aromatic carbocycles. The predicted octanol–water partition coefficient (Wildman–Crippen LogP) is 6.32. The van der Waals surface area contributed by atoms with Crippen LogP contribution in [-0.4, -0.2) is 22.2 Å². The SMILES string of the molecule is O=C(O)c1ccccc1SC(Sc1ccccc1C(=O)O)c1ccccc1Cl. The highest BCUT2D eigenvalue weighted by Gasteiger charge is 2.23. The lowest BCUT2D eigenvalue weighted by atomic mass is 10.2. The number of thioether (sulfide) groups is 2. The van der Waals surface area contributed by atoms with Crippen molar-refractivity contribution in [3.8, 4) is 0 Å². The Morgan fingerprint density at radius 3 is 1.61 bits per heavy atom. The second-order valence-corrected chi connectivity index (χ2v) is 8.69. The fourth-order valence-corrected chi connectivity index (χ4v) is 5.73. The second-order valence-electron chi connectivity index (χ2n) is 5.69. The van der Waals surface area contributed by atoms with E-state index >= 15 is 0 Å². The van der Waals surface area contributed by atoms with E-state index in [1.807, 2.05) is 18.2 Å². The summed E-state index contributed by atoms with van der Waals surface area (Å²) in [5.74, 6) is -2.03. The molecule has 0 bridgehead atoms. The van der Waals surface area contributed by atoms with Crippen molar-refractivity contribution < 1.29 is 19.8 Å². The van der Waals surface area contributed by atoms with Gasteiger partial charge in [-0.2, -0.15) is 0 Å². The zero-order valence-corrected chi connectivity index (χ0v) is 16.8. The van der Waals surface area contributed by atoms with Gasteiger partial charge in [-0.25, -0.2) is 9.59 Å². The van der Waals surface area contributed by atoms with Gasteiger partial charge in [-0.1, -0.05) is 54.1 Å². The number of hydrogen-bond acceptors (Lipinski definition) is 4. The van der Waals surface area contributed by atoms with Gasteiger partial charge in [-0.05, 0) is 35.9 Å². The molecule has 0 radical (unpaired) electrons. The summed E-state index contributed by atoms with van der Waals surface area (Å²) in [4.78, 5) is 24.3. The molecule has 0 atom stereocenters. The highest BCUT2D eigenvalue weighted by atomic mass is 35.5. The van der Waals surface area contributed by atoms with Crippen molar-refractivity contribution in [3.05, 3.63) is 94.5 Å². The third kappa shape index (κ3) is 4.70. The lowest BCUT2D eigenvalue weighted by Gasteiger charge is -2.20. The lowest BCUT2D eigenvalue weighted by Crippen LogP contribution is -2.02. The van der Waals surface area contributed by atoms with Crippen LogP contribution in [0.1, 0.15) is 30.9 Å². The van der Waals surface area contributed by atoms with E-state index < -0.39 is 11.9 Å². The largest absolute Gasteiger partial charge is 0.478 e. The van der Waals surface area contributed by atoms with E-state index in [-0.39, 0.29) is 15.7 Å². The quantitative estimate of drug-likeness (QED) is 0.337. The molecule has 4 nitrogen and oxygen atoms in total. The summed E-state index contributed by atoms with van der Waals surface area (Å²) in [5, 5.41) is 19.5. The average Bonchev–Trinajstić information content (AvgIpc) is 2.68. The Morgan fingerprint density at radius 2 is 1.14 bits per heavy atom. The molecule has 0 unspecified atom stereocenters. The van der Waals surface area contributed by atoms with Gasteiger partial charge in [0.1, 0.15) is 0 Å². The van der Waals surface area contributed by atoms with E-state index in [1.54, 1.807) is 54.6 Å². The molecule has 0 aromatic heterocycles. The summed E-state index contributed by atoms with van der Waals surface area (Å²) in [6.07, 6.45) is 0. The Kier molecular flexibility index (Phi) is 6.67. The van der Waals surface area contributed by atoms with Crippen LogP contribution < -0.4 is 0 Å². The topological polar surface area (TPSA) is 74.6 Å². The summed E-state index contributed by atoms with van der Waals surface area (Å²) < 4.78 is -0.338. The predicted molar refractivity (Wildman–Crippen MR) is 113 cm³/mol. The molecule has 28 heavy (non-hydrogen) atoms. The monoisotopic (exact) mass is 430 g/mol. The first kappa shape index (κ1) is 20.3. The molecular formula is C21H15ClO4S2. The van der Waals surface area contributed by atoms with Crippen molar-refractivity contribution in [1.29, 1.82) is 0 Å². The number of carbonyl (C=O) groups is 2. The van der Waals surface area contributed by atoms with Crippen LogP contribution in [0.5, 0.6) is 0 Å². The van der Waals surface area contributed by atoms with Crippen molar-refractivity contribution in [2.45, 2.75) is 14.4 Å². The van der Waals surface area contributed by atoms with Gasteiger partial charge in [0, 0.05) is 14.8 Å². The van der Waals surface area contributed by atoms with E-state index in [4.69, 9.17) is 11.6 Å². The van der Waals surface area contributed by atoms with Gasteiger partial charge >= 0.3 is 11.9 Å². The van der Waals surface area contributed by atoms with E-state index in [2.05, 4.69) is 0 Å². The van der Waals surface area contributed by atoms with Gasteiger partial charge in [0.05, 0.1) is 15.7 Å². The Bertz CT molecular complexity index is 963. The van der Waals surface area contributed by atoms with E-state index in [1.165, 1.54) is 23.5 Å². The lowest BCUT2D eigenvalue weighted by molar-refractivity contribution is 0.0682. The molecule has 0 aliphatic heterocycles. The molecule has 0 saturated heterocycles. The first-order chi connectivity index (χ1) is 13.5. The number of rotatable bonds is 7. The Morgan fingerprint density at radius 1 is 0.714 bits per heavy atom. The van der Waals surface area contributed by atoms with Crippen molar-refractivity contribution >= 4 is 47.1 Å². The maximum atomic E-state index is 11.6. The molecule has 2 N–H and O–H groups in total. The number of benzene rings is 3. The highest BCUT2D eigenvalue weighted by molar-refractivity contribution is 8.16.